The van der Waals surface area contributed by atoms with Gasteiger partial charge >= 0.3 is 0 Å². The summed E-state index contributed by atoms with van der Waals surface area (Å²) >= 11 is 0. The van der Waals surface area contributed by atoms with Crippen LogP contribution in [0.2, 0.25) is 0 Å². The first kappa shape index (κ1) is 84.2. The van der Waals surface area contributed by atoms with Gasteiger partial charge in [0, 0.05) is 92.8 Å². The third-order valence-electron chi connectivity index (χ3n) is 19.2. The highest BCUT2D eigenvalue weighted by molar-refractivity contribution is 5.87. The van der Waals surface area contributed by atoms with Gasteiger partial charge in [-0.3, -0.25) is 38.9 Å². The normalized spacial score (nSPS) is 26.2. The smallest absolute Gasteiger partial charge is 0.152 e. The summed E-state index contributed by atoms with van der Waals surface area (Å²) in [5, 5.41) is 0. The number of likely N-dealkylation sites (tertiary alicyclic amines) is 5. The van der Waals surface area contributed by atoms with E-state index in [0.29, 0.717) is 107 Å². The molecule has 518 valence electrons. The molecule has 0 amide bonds. The van der Waals surface area contributed by atoms with Gasteiger partial charge < -0.3 is 9.47 Å². The summed E-state index contributed by atoms with van der Waals surface area (Å²) in [5.41, 5.74) is 3.21. The van der Waals surface area contributed by atoms with Crippen molar-refractivity contribution in [3.8, 4) is 0 Å². The molecule has 10 heteroatoms. The Hall–Kier alpha value is -1.79. The second kappa shape index (κ2) is 38.5. The van der Waals surface area contributed by atoms with E-state index in [-0.39, 0.29) is 46.7 Å². The zero-order valence-electron chi connectivity index (χ0n) is 64.4. The van der Waals surface area contributed by atoms with Crippen LogP contribution in [-0.2, 0) is 23.9 Å². The van der Waals surface area contributed by atoms with Crippen molar-refractivity contribution in [2.75, 3.05) is 45.9 Å². The first-order chi connectivity index (χ1) is 40.2. The number of carbonyl (C=O) groups excluding carboxylic acids is 3. The Morgan fingerprint density at radius 3 is 0.852 bits per heavy atom. The van der Waals surface area contributed by atoms with Gasteiger partial charge in [0.05, 0.1) is 43.5 Å². The molecule has 0 unspecified atom stereocenters. The zero-order valence-corrected chi connectivity index (χ0v) is 64.4. The van der Waals surface area contributed by atoms with E-state index in [9.17, 15) is 14.4 Å². The molecule has 0 radical (unpaired) electrons. The van der Waals surface area contributed by atoms with Crippen molar-refractivity contribution in [1.29, 1.82) is 0 Å². The van der Waals surface area contributed by atoms with Gasteiger partial charge in [-0.1, -0.05) is 177 Å². The number of ether oxygens (including phenoxy) is 2. The topological polar surface area (TPSA) is 85.9 Å². The van der Waals surface area contributed by atoms with Crippen LogP contribution in [0.5, 0.6) is 0 Å². The van der Waals surface area contributed by atoms with Gasteiger partial charge in [0.15, 0.2) is 17.3 Å². The van der Waals surface area contributed by atoms with E-state index < -0.39 is 0 Å². The molecule has 0 aromatic carbocycles. The number of Topliss-reactive ketones (excluding diaryl/α,β-unsaturated/α-hetero) is 3. The Balaban J connectivity index is 0.000000551. The van der Waals surface area contributed by atoms with Crippen molar-refractivity contribution in [1.82, 2.24) is 24.5 Å². The Labute approximate surface area is 548 Å². The predicted octanol–water partition coefficient (Wildman–Crippen LogP) is 17.9. The average Bonchev–Trinajstić information content (AvgIpc) is 4.38. The van der Waals surface area contributed by atoms with Crippen molar-refractivity contribution in [2.45, 2.75) is 339 Å². The van der Waals surface area contributed by atoms with Crippen molar-refractivity contribution < 1.29 is 23.9 Å². The third-order valence-corrected chi connectivity index (χ3v) is 19.2. The van der Waals surface area contributed by atoms with Gasteiger partial charge in [-0.05, 0) is 172 Å². The lowest BCUT2D eigenvalue weighted by atomic mass is 9.90. The van der Waals surface area contributed by atoms with Crippen molar-refractivity contribution >= 4 is 17.3 Å². The molecule has 5 rings (SSSR count). The molecule has 10 atom stereocenters. The number of nitrogens with zero attached hydrogens (tertiary/aromatic N) is 5. The Morgan fingerprint density at radius 2 is 0.625 bits per heavy atom. The summed E-state index contributed by atoms with van der Waals surface area (Å²) in [7, 11) is 0. The summed E-state index contributed by atoms with van der Waals surface area (Å²) in [6, 6.07) is 4.09. The van der Waals surface area contributed by atoms with Gasteiger partial charge in [-0.25, -0.2) is 0 Å². The molecule has 5 fully saturated rings. The van der Waals surface area contributed by atoms with Crippen LogP contribution in [0.25, 0.3) is 0 Å². The van der Waals surface area contributed by atoms with Crippen molar-refractivity contribution in [3.63, 3.8) is 0 Å². The number of hydrogen-bond acceptors (Lipinski definition) is 10. The molecule has 5 saturated heterocycles. The molecular formula is C78H151N5O5. The molecule has 5 aliphatic heterocycles. The summed E-state index contributed by atoms with van der Waals surface area (Å²) in [4.78, 5) is 49.0. The quantitative estimate of drug-likeness (QED) is 0.0871. The summed E-state index contributed by atoms with van der Waals surface area (Å²) in [5.74, 6) is 7.17. The molecule has 0 N–H and O–H groups in total. The highest BCUT2D eigenvalue weighted by atomic mass is 16.5. The highest BCUT2D eigenvalue weighted by Crippen LogP contribution is 2.37. The Bertz CT molecular complexity index is 1900. The lowest BCUT2D eigenvalue weighted by molar-refractivity contribution is -0.127. The second-order valence-electron chi connectivity index (χ2n) is 34.8. The minimum Gasteiger partial charge on any atom is -0.376 e. The van der Waals surface area contributed by atoms with Crippen LogP contribution in [0, 0.1) is 75.9 Å². The van der Waals surface area contributed by atoms with E-state index in [0.717, 1.165) is 89.9 Å². The SMILES string of the molecule is C=C(C(C)C)[C@@H]1C[C@@H](OCC(C)(C)C)CN1C(C)C.C=C(C(C)C)[C@@H]1C[C@H](OCC(C)(C)C)CN1C(C)C.CC(C)C(=O)[C@@H]1C[C@H](C(C)C)CN1C(C)C.CC(C)C[C@@H]1C[C@@H](C(=O)C(C)C)N(C(C)C)C1.CC(C)C[C@H]1C[C@@H](C(=O)C(C)C)N(C(C)C)C1. The van der Waals surface area contributed by atoms with Crippen LogP contribution < -0.4 is 0 Å². The van der Waals surface area contributed by atoms with Crippen LogP contribution in [0.1, 0.15) is 267 Å². The Kier molecular flexibility index (Phi) is 36.9. The first-order valence-corrected chi connectivity index (χ1v) is 36.2. The van der Waals surface area contributed by atoms with Crippen LogP contribution in [0.4, 0.5) is 0 Å². The predicted molar refractivity (Wildman–Crippen MR) is 381 cm³/mol. The van der Waals surface area contributed by atoms with Gasteiger partial charge in [-0.15, -0.1) is 0 Å². The maximum atomic E-state index is 12.2. The molecule has 0 spiro atoms. The fraction of sp³-hybridized carbons (Fsp3) is 0.910. The third kappa shape index (κ3) is 28.8. The van der Waals surface area contributed by atoms with Crippen LogP contribution in [0.15, 0.2) is 24.3 Å². The molecule has 0 saturated carbocycles. The van der Waals surface area contributed by atoms with E-state index in [2.05, 4.69) is 218 Å². The lowest BCUT2D eigenvalue weighted by Gasteiger charge is -2.30. The van der Waals surface area contributed by atoms with E-state index in [1.54, 1.807) is 0 Å². The summed E-state index contributed by atoms with van der Waals surface area (Å²) in [6.07, 6.45) is 8.66. The van der Waals surface area contributed by atoms with Gasteiger partial charge in [-0.2, -0.15) is 0 Å². The van der Waals surface area contributed by atoms with Gasteiger partial charge in [0.2, 0.25) is 0 Å². The number of hydrogen-bond donors (Lipinski definition) is 0. The van der Waals surface area contributed by atoms with Crippen molar-refractivity contribution in [2.24, 2.45) is 75.9 Å². The average molecular weight is 1240 g/mol. The van der Waals surface area contributed by atoms with Gasteiger partial charge in [0.1, 0.15) is 0 Å². The highest BCUT2D eigenvalue weighted by Gasteiger charge is 2.43. The number of ketones is 3. The van der Waals surface area contributed by atoms with E-state index in [1.165, 1.54) is 24.0 Å². The molecule has 5 heterocycles. The largest absolute Gasteiger partial charge is 0.376 e. The fourth-order valence-corrected chi connectivity index (χ4v) is 13.9. The fourth-order valence-electron chi connectivity index (χ4n) is 13.9. The molecule has 0 aliphatic carbocycles. The van der Waals surface area contributed by atoms with E-state index in [4.69, 9.17) is 9.47 Å². The number of carbonyl (C=O) groups is 3. The molecule has 0 aromatic heterocycles. The molecule has 88 heavy (non-hydrogen) atoms. The molecule has 0 aromatic rings. The summed E-state index contributed by atoms with van der Waals surface area (Å²) in [6.45, 7) is 86.1. The van der Waals surface area contributed by atoms with Crippen LogP contribution in [-0.4, -0.2) is 160 Å². The lowest BCUT2D eigenvalue weighted by Crippen LogP contribution is -2.42. The molecule has 0 bridgehead atoms. The molecule has 10 nitrogen and oxygen atoms in total. The minimum absolute atomic E-state index is 0.164. The maximum absolute atomic E-state index is 12.2. The minimum atomic E-state index is 0.164. The van der Waals surface area contributed by atoms with Crippen LogP contribution >= 0.6 is 0 Å². The van der Waals surface area contributed by atoms with E-state index in [1.807, 2.05) is 41.5 Å². The van der Waals surface area contributed by atoms with Crippen molar-refractivity contribution in [3.05, 3.63) is 24.3 Å². The van der Waals surface area contributed by atoms with Gasteiger partial charge in [0.25, 0.3) is 0 Å². The number of rotatable bonds is 24. The standard InChI is InChI=1S/2C17H33NO.2C15H29NO.C14H27NO/c2*1-12(2)14(5)16-9-15(10-18(16)13(3)4)19-11-17(6,7)8;2*1-10(2)7-13-8-14(15(17)11(3)4)16(9-13)12(5)6;1-9(2)12-7-13(14(16)10(3)4)15(8-12)11(5)6/h2*12-13,15-16H,5,9-11H2,1-4,6-8H3;2*10-14H,7-9H2,1-6H3;9-13H,7-8H2,1-6H3/t15-,16+;15-,16-;13-,14+;13-,14-;12-,13-/m10100/s1. The molecule has 5 aliphatic rings. The second-order valence-corrected chi connectivity index (χ2v) is 34.8. The summed E-state index contributed by atoms with van der Waals surface area (Å²) < 4.78 is 12.3. The Morgan fingerprint density at radius 1 is 0.364 bits per heavy atom. The van der Waals surface area contributed by atoms with Crippen LogP contribution in [0.3, 0.4) is 0 Å². The maximum Gasteiger partial charge on any atom is 0.152 e. The molecular weight excluding hydrogens is 1090 g/mol. The first-order valence-electron chi connectivity index (χ1n) is 36.2. The zero-order chi connectivity index (χ0) is 68.4. The monoisotopic (exact) mass is 1240 g/mol. The van der Waals surface area contributed by atoms with E-state index >= 15 is 0 Å².